The fourth-order valence-electron chi connectivity index (χ4n) is 3.57. The lowest BCUT2D eigenvalue weighted by Gasteiger charge is -2.27. The number of hydrogen-bond acceptors (Lipinski definition) is 5. The van der Waals surface area contributed by atoms with Crippen LogP contribution in [0.2, 0.25) is 0 Å². The highest BCUT2D eigenvalue weighted by molar-refractivity contribution is 7.89. The predicted molar refractivity (Wildman–Crippen MR) is 122 cm³/mol. The molecule has 1 heterocycles. The average molecular weight is 446 g/mol. The zero-order chi connectivity index (χ0) is 22.3. The molecule has 0 radical (unpaired) electrons. The Morgan fingerprint density at radius 1 is 1.13 bits per heavy atom. The molecule has 2 aromatic carbocycles. The molecule has 0 aromatic heterocycles. The highest BCUT2D eigenvalue weighted by Crippen LogP contribution is 2.24. The lowest BCUT2D eigenvalue weighted by atomic mass is 10.1. The molecule has 0 atom stereocenters. The van der Waals surface area contributed by atoms with E-state index in [1.54, 1.807) is 25.1 Å². The lowest BCUT2D eigenvalue weighted by Crippen LogP contribution is -2.40. The number of anilines is 1. The minimum atomic E-state index is -3.63. The molecule has 1 fully saturated rings. The Labute approximate surface area is 185 Å². The summed E-state index contributed by atoms with van der Waals surface area (Å²) < 4.78 is 32.8. The van der Waals surface area contributed by atoms with Gasteiger partial charge in [0.05, 0.1) is 24.7 Å². The van der Waals surface area contributed by atoms with E-state index in [0.29, 0.717) is 37.6 Å². The van der Waals surface area contributed by atoms with Crippen molar-refractivity contribution in [2.24, 2.45) is 0 Å². The summed E-state index contributed by atoms with van der Waals surface area (Å²) in [6, 6.07) is 15.2. The van der Waals surface area contributed by atoms with E-state index in [0.717, 1.165) is 19.5 Å². The van der Waals surface area contributed by atoms with Crippen molar-refractivity contribution in [2.75, 3.05) is 51.3 Å². The smallest absolute Gasteiger partial charge is 0.243 e. The Morgan fingerprint density at radius 2 is 1.84 bits per heavy atom. The van der Waals surface area contributed by atoms with E-state index in [2.05, 4.69) is 22.3 Å². The van der Waals surface area contributed by atoms with Crippen molar-refractivity contribution in [1.29, 1.82) is 0 Å². The van der Waals surface area contributed by atoms with Crippen LogP contribution >= 0.6 is 0 Å². The van der Waals surface area contributed by atoms with Gasteiger partial charge in [0.2, 0.25) is 15.9 Å². The Morgan fingerprint density at radius 3 is 2.52 bits per heavy atom. The molecule has 0 bridgehead atoms. The van der Waals surface area contributed by atoms with E-state index in [-0.39, 0.29) is 17.3 Å². The first-order valence-corrected chi connectivity index (χ1v) is 12.1. The van der Waals surface area contributed by atoms with E-state index in [4.69, 9.17) is 4.74 Å². The van der Waals surface area contributed by atoms with Crippen LogP contribution in [0.5, 0.6) is 0 Å². The number of sulfonamides is 1. The maximum absolute atomic E-state index is 13.0. The van der Waals surface area contributed by atoms with Crippen molar-refractivity contribution in [3.63, 3.8) is 0 Å². The van der Waals surface area contributed by atoms with Crippen molar-refractivity contribution >= 4 is 21.6 Å². The molecule has 1 saturated heterocycles. The van der Waals surface area contributed by atoms with Gasteiger partial charge in [0.25, 0.3) is 0 Å². The summed E-state index contributed by atoms with van der Waals surface area (Å²) in [6.07, 6.45) is 0.869. The van der Waals surface area contributed by atoms with Crippen molar-refractivity contribution < 1.29 is 17.9 Å². The summed E-state index contributed by atoms with van der Waals surface area (Å²) in [5, 5.41) is 2.86. The number of aryl methyl sites for hydroxylation is 1. The molecule has 168 valence electrons. The van der Waals surface area contributed by atoms with E-state index < -0.39 is 10.0 Å². The van der Waals surface area contributed by atoms with Gasteiger partial charge in [-0.25, -0.2) is 8.42 Å². The maximum Gasteiger partial charge on any atom is 0.243 e. The standard InChI is InChI=1S/C23H31N3O4S/c1-3-25(12-11-20-7-5-4-6-8-20)18-23(27)24-21-10-9-19(2)22(17-21)31(28,29)26-13-15-30-16-14-26/h4-10,17H,3,11-16,18H2,1-2H3,(H,24,27). The number of nitrogens with one attached hydrogen (secondary N) is 1. The first kappa shape index (κ1) is 23.4. The van der Waals surface area contributed by atoms with Crippen LogP contribution in [0.1, 0.15) is 18.1 Å². The largest absolute Gasteiger partial charge is 0.379 e. The molecule has 0 saturated carbocycles. The topological polar surface area (TPSA) is 79.0 Å². The number of hydrogen-bond donors (Lipinski definition) is 1. The molecular formula is C23H31N3O4S. The summed E-state index contributed by atoms with van der Waals surface area (Å²) in [7, 11) is -3.63. The minimum Gasteiger partial charge on any atom is -0.379 e. The second-order valence-electron chi connectivity index (χ2n) is 7.65. The van der Waals surface area contributed by atoms with Crippen LogP contribution in [0.4, 0.5) is 5.69 Å². The third kappa shape index (κ3) is 6.36. The molecular weight excluding hydrogens is 414 g/mol. The molecule has 1 aliphatic rings. The number of carbonyl (C=O) groups excluding carboxylic acids is 1. The molecule has 3 rings (SSSR count). The Kier molecular flexibility index (Phi) is 8.20. The molecule has 0 spiro atoms. The van der Waals surface area contributed by atoms with Crippen LogP contribution in [0, 0.1) is 6.92 Å². The number of ether oxygens (including phenoxy) is 1. The van der Waals surface area contributed by atoms with Crippen molar-refractivity contribution in [3.8, 4) is 0 Å². The fourth-order valence-corrected chi connectivity index (χ4v) is 5.23. The second-order valence-corrected chi connectivity index (χ2v) is 9.56. The van der Waals surface area contributed by atoms with E-state index in [9.17, 15) is 13.2 Å². The summed E-state index contributed by atoms with van der Waals surface area (Å²) in [5.41, 5.74) is 2.38. The van der Waals surface area contributed by atoms with Gasteiger partial charge in [-0.2, -0.15) is 4.31 Å². The number of likely N-dealkylation sites (N-methyl/N-ethyl adjacent to an activating group) is 1. The third-order valence-corrected chi connectivity index (χ3v) is 7.47. The highest BCUT2D eigenvalue weighted by Gasteiger charge is 2.28. The average Bonchev–Trinajstić information content (AvgIpc) is 2.79. The van der Waals surface area contributed by atoms with Gasteiger partial charge in [0.1, 0.15) is 0 Å². The quantitative estimate of drug-likeness (QED) is 0.642. The van der Waals surface area contributed by atoms with Gasteiger partial charge in [-0.1, -0.05) is 43.3 Å². The minimum absolute atomic E-state index is 0.159. The molecule has 2 aromatic rings. The Balaban J connectivity index is 1.63. The van der Waals surface area contributed by atoms with Crippen LogP contribution < -0.4 is 5.32 Å². The molecule has 8 heteroatoms. The van der Waals surface area contributed by atoms with Crippen molar-refractivity contribution in [2.45, 2.75) is 25.2 Å². The first-order chi connectivity index (χ1) is 14.9. The lowest BCUT2D eigenvalue weighted by molar-refractivity contribution is -0.117. The molecule has 0 unspecified atom stereocenters. The third-order valence-electron chi connectivity index (χ3n) is 5.43. The van der Waals surface area contributed by atoms with Crippen molar-refractivity contribution in [1.82, 2.24) is 9.21 Å². The van der Waals surface area contributed by atoms with E-state index in [1.165, 1.54) is 9.87 Å². The Hall–Kier alpha value is -2.26. The van der Waals surface area contributed by atoms with E-state index >= 15 is 0 Å². The summed E-state index contributed by atoms with van der Waals surface area (Å²) in [4.78, 5) is 14.9. The molecule has 0 aliphatic carbocycles. The number of nitrogens with zero attached hydrogens (tertiary/aromatic N) is 2. The zero-order valence-electron chi connectivity index (χ0n) is 18.2. The number of benzene rings is 2. The van der Waals surface area contributed by atoms with Crippen LogP contribution in [0.25, 0.3) is 0 Å². The van der Waals surface area contributed by atoms with Crippen LogP contribution in [-0.4, -0.2) is 69.5 Å². The Bertz CT molecular complexity index is 974. The summed E-state index contributed by atoms with van der Waals surface area (Å²) in [6.45, 7) is 7.04. The van der Waals surface area contributed by atoms with Gasteiger partial charge in [-0.05, 0) is 43.1 Å². The zero-order valence-corrected chi connectivity index (χ0v) is 19.0. The molecule has 31 heavy (non-hydrogen) atoms. The van der Waals surface area contributed by atoms with Gasteiger partial charge in [0, 0.05) is 25.3 Å². The van der Waals surface area contributed by atoms with Crippen LogP contribution in [0.3, 0.4) is 0 Å². The number of amides is 1. The van der Waals surface area contributed by atoms with Gasteiger partial charge in [-0.3, -0.25) is 9.69 Å². The predicted octanol–water partition coefficient (Wildman–Crippen LogP) is 2.52. The monoisotopic (exact) mass is 445 g/mol. The number of morpholine rings is 1. The van der Waals surface area contributed by atoms with Crippen LogP contribution in [-0.2, 0) is 26.0 Å². The van der Waals surface area contributed by atoms with Crippen LogP contribution in [0.15, 0.2) is 53.4 Å². The van der Waals surface area contributed by atoms with Gasteiger partial charge >= 0.3 is 0 Å². The highest BCUT2D eigenvalue weighted by atomic mass is 32.2. The molecule has 1 aliphatic heterocycles. The normalized spacial score (nSPS) is 15.2. The first-order valence-electron chi connectivity index (χ1n) is 10.6. The maximum atomic E-state index is 13.0. The molecule has 1 N–H and O–H groups in total. The SMILES string of the molecule is CCN(CCc1ccccc1)CC(=O)Nc1ccc(C)c(S(=O)(=O)N2CCOCC2)c1. The van der Waals surface area contributed by atoms with E-state index in [1.807, 2.05) is 25.1 Å². The molecule has 7 nitrogen and oxygen atoms in total. The molecule has 1 amide bonds. The second kappa shape index (κ2) is 10.9. The number of carbonyl (C=O) groups is 1. The van der Waals surface area contributed by atoms with Crippen molar-refractivity contribution in [3.05, 3.63) is 59.7 Å². The fraction of sp³-hybridized carbons (Fsp3) is 0.435. The van der Waals surface area contributed by atoms with Gasteiger partial charge < -0.3 is 10.1 Å². The summed E-state index contributed by atoms with van der Waals surface area (Å²) >= 11 is 0. The van der Waals surface area contributed by atoms with Gasteiger partial charge in [-0.15, -0.1) is 0 Å². The number of rotatable bonds is 9. The summed E-state index contributed by atoms with van der Waals surface area (Å²) in [5.74, 6) is -0.159. The van der Waals surface area contributed by atoms with Gasteiger partial charge in [0.15, 0.2) is 0 Å².